The second-order valence-corrected chi connectivity index (χ2v) is 7.99. The number of hydrogen-bond donors (Lipinski definition) is 2. The summed E-state index contributed by atoms with van der Waals surface area (Å²) in [5.41, 5.74) is 2.61. The van der Waals surface area contributed by atoms with Gasteiger partial charge in [0.2, 0.25) is 11.7 Å². The molecule has 1 aliphatic rings. The topological polar surface area (TPSA) is 148 Å². The summed E-state index contributed by atoms with van der Waals surface area (Å²) in [5, 5.41) is 23.7. The van der Waals surface area contributed by atoms with E-state index < -0.39 is 5.91 Å². The highest BCUT2D eigenvalue weighted by molar-refractivity contribution is 6.02. The van der Waals surface area contributed by atoms with Gasteiger partial charge in [-0.15, -0.1) is 5.10 Å². The fourth-order valence-electron chi connectivity index (χ4n) is 3.67. The van der Waals surface area contributed by atoms with Crippen LogP contribution in [0.15, 0.2) is 30.5 Å². The van der Waals surface area contributed by atoms with Crippen molar-refractivity contribution >= 4 is 17.6 Å². The Kier molecular flexibility index (Phi) is 7.18. The zero-order chi connectivity index (χ0) is 24.1. The van der Waals surface area contributed by atoms with Gasteiger partial charge in [0.05, 0.1) is 25.7 Å². The number of carbonyl (C=O) groups excluding carboxylic acids is 2. The zero-order valence-corrected chi connectivity index (χ0v) is 19.0. The van der Waals surface area contributed by atoms with Crippen LogP contribution >= 0.6 is 0 Å². The Morgan fingerprint density at radius 2 is 2.15 bits per heavy atom. The third-order valence-electron chi connectivity index (χ3n) is 5.59. The van der Waals surface area contributed by atoms with Gasteiger partial charge in [-0.25, -0.2) is 9.67 Å². The average molecular weight is 467 g/mol. The Morgan fingerprint density at radius 3 is 2.94 bits per heavy atom. The summed E-state index contributed by atoms with van der Waals surface area (Å²) in [4.78, 5) is 35.8. The molecule has 2 amide bonds. The van der Waals surface area contributed by atoms with E-state index in [2.05, 4.69) is 30.8 Å². The largest absolute Gasteiger partial charge is 0.394 e. The van der Waals surface area contributed by atoms with Gasteiger partial charge in [-0.1, -0.05) is 6.07 Å². The van der Waals surface area contributed by atoms with Crippen molar-refractivity contribution in [2.75, 3.05) is 32.2 Å². The van der Waals surface area contributed by atoms with Gasteiger partial charge in [0.15, 0.2) is 0 Å². The first-order valence-corrected chi connectivity index (χ1v) is 10.9. The number of carbonyl (C=O) groups is 2. The molecular weight excluding hydrogens is 440 g/mol. The van der Waals surface area contributed by atoms with Crippen LogP contribution in [0, 0.1) is 0 Å². The Balaban J connectivity index is 1.49. The molecule has 1 aliphatic heterocycles. The first kappa shape index (κ1) is 23.4. The summed E-state index contributed by atoms with van der Waals surface area (Å²) in [5.74, 6) is 0.292. The highest BCUT2D eigenvalue weighted by atomic mass is 16.5. The molecular formula is C22H26N8O4. The maximum atomic E-state index is 12.9. The first-order valence-electron chi connectivity index (χ1n) is 10.9. The van der Waals surface area contributed by atoms with Crippen molar-refractivity contribution in [3.8, 4) is 11.5 Å². The van der Waals surface area contributed by atoms with Gasteiger partial charge >= 0.3 is 0 Å². The molecule has 0 radical (unpaired) electrons. The van der Waals surface area contributed by atoms with E-state index in [1.54, 1.807) is 49.4 Å². The molecule has 12 heteroatoms. The molecule has 0 saturated carbocycles. The summed E-state index contributed by atoms with van der Waals surface area (Å²) in [6, 6.07) is 6.48. The van der Waals surface area contributed by atoms with Crippen molar-refractivity contribution in [3.63, 3.8) is 0 Å². The third-order valence-corrected chi connectivity index (χ3v) is 5.59. The molecule has 4 rings (SSSR count). The van der Waals surface area contributed by atoms with Crippen LogP contribution in [0.4, 0.5) is 5.82 Å². The SMILES string of the molecule is COCCC(=O)N1CCc2cnc(C(=O)Nc3cccc(-c4nnnn4[C@H](C)CO)n3)cc2C1. The molecule has 2 N–H and O–H groups in total. The number of aromatic nitrogens is 6. The van der Waals surface area contributed by atoms with E-state index in [4.69, 9.17) is 4.74 Å². The number of aliphatic hydroxyl groups is 1. The van der Waals surface area contributed by atoms with Crippen molar-refractivity contribution in [3.05, 3.63) is 47.3 Å². The minimum Gasteiger partial charge on any atom is -0.394 e. The van der Waals surface area contributed by atoms with Gasteiger partial charge < -0.3 is 20.1 Å². The average Bonchev–Trinajstić information content (AvgIpc) is 3.36. The number of hydrogen-bond acceptors (Lipinski definition) is 9. The third kappa shape index (κ3) is 5.07. The maximum Gasteiger partial charge on any atom is 0.275 e. The number of methoxy groups -OCH3 is 1. The first-order chi connectivity index (χ1) is 16.5. The molecule has 34 heavy (non-hydrogen) atoms. The van der Waals surface area contributed by atoms with Gasteiger partial charge in [-0.2, -0.15) is 0 Å². The summed E-state index contributed by atoms with van der Waals surface area (Å²) < 4.78 is 6.47. The lowest BCUT2D eigenvalue weighted by Gasteiger charge is -2.29. The number of amides is 2. The van der Waals surface area contributed by atoms with Crippen molar-refractivity contribution < 1.29 is 19.4 Å². The quantitative estimate of drug-likeness (QED) is 0.493. The standard InChI is InChI=1S/C22H26N8O4/c1-14(13-31)30-21(26-27-28-30)17-4-3-5-19(24-17)25-22(33)18-10-16-12-29(20(32)7-9-34-2)8-6-15(16)11-23-18/h3-5,10-11,14,31H,6-9,12-13H2,1-2H3,(H,24,25,33)/t14-/m1/s1. The number of rotatable bonds is 8. The Bertz CT molecular complexity index is 1180. The summed E-state index contributed by atoms with van der Waals surface area (Å²) in [6.45, 7) is 3.07. The zero-order valence-electron chi connectivity index (χ0n) is 19.0. The molecule has 0 saturated heterocycles. The molecule has 1 atom stereocenters. The predicted molar refractivity (Wildman–Crippen MR) is 121 cm³/mol. The number of aliphatic hydroxyl groups excluding tert-OH is 1. The van der Waals surface area contributed by atoms with Crippen molar-refractivity contribution in [2.45, 2.75) is 32.4 Å². The van der Waals surface area contributed by atoms with E-state index in [0.29, 0.717) is 49.9 Å². The van der Waals surface area contributed by atoms with Gasteiger partial charge in [-0.05, 0) is 53.1 Å². The van der Waals surface area contributed by atoms with Crippen LogP contribution in [-0.4, -0.2) is 78.9 Å². The molecule has 0 bridgehead atoms. The lowest BCUT2D eigenvalue weighted by molar-refractivity contribution is -0.133. The van der Waals surface area contributed by atoms with Gasteiger partial charge in [0.25, 0.3) is 5.91 Å². The van der Waals surface area contributed by atoms with Crippen molar-refractivity contribution in [1.29, 1.82) is 0 Å². The van der Waals surface area contributed by atoms with E-state index >= 15 is 0 Å². The summed E-state index contributed by atoms with van der Waals surface area (Å²) in [7, 11) is 1.57. The van der Waals surface area contributed by atoms with Crippen molar-refractivity contribution in [2.24, 2.45) is 0 Å². The van der Waals surface area contributed by atoms with Gasteiger partial charge in [0.1, 0.15) is 17.2 Å². The van der Waals surface area contributed by atoms with E-state index in [1.165, 1.54) is 4.68 Å². The van der Waals surface area contributed by atoms with E-state index in [0.717, 1.165) is 11.1 Å². The Labute approximate surface area is 196 Å². The van der Waals surface area contributed by atoms with Crippen LogP contribution in [0.2, 0.25) is 0 Å². The molecule has 0 fully saturated rings. The van der Waals surface area contributed by atoms with Crippen LogP contribution in [0.25, 0.3) is 11.5 Å². The smallest absolute Gasteiger partial charge is 0.275 e. The van der Waals surface area contributed by atoms with Crippen LogP contribution in [-0.2, 0) is 22.5 Å². The van der Waals surface area contributed by atoms with Crippen LogP contribution in [0.3, 0.4) is 0 Å². The molecule has 3 aromatic heterocycles. The van der Waals surface area contributed by atoms with Gasteiger partial charge in [-0.3, -0.25) is 14.6 Å². The molecule has 0 unspecified atom stereocenters. The normalized spacial score (nSPS) is 13.9. The molecule has 12 nitrogen and oxygen atoms in total. The van der Waals surface area contributed by atoms with E-state index in [-0.39, 0.29) is 24.2 Å². The fourth-order valence-corrected chi connectivity index (χ4v) is 3.67. The predicted octanol–water partition coefficient (Wildman–Crippen LogP) is 0.857. The number of ether oxygens (including phenoxy) is 1. The van der Waals surface area contributed by atoms with E-state index in [1.807, 2.05) is 0 Å². The highest BCUT2D eigenvalue weighted by Gasteiger charge is 2.22. The lowest BCUT2D eigenvalue weighted by atomic mass is 10.0. The van der Waals surface area contributed by atoms with Crippen LogP contribution in [0.1, 0.15) is 41.0 Å². The lowest BCUT2D eigenvalue weighted by Crippen LogP contribution is -2.36. The molecule has 4 heterocycles. The molecule has 0 spiro atoms. The minimum atomic E-state index is -0.418. The second kappa shape index (κ2) is 10.4. The number of nitrogens with one attached hydrogen (secondary N) is 1. The number of tetrazole rings is 1. The van der Waals surface area contributed by atoms with Crippen molar-refractivity contribution in [1.82, 2.24) is 35.1 Å². The highest BCUT2D eigenvalue weighted by Crippen LogP contribution is 2.21. The fraction of sp³-hybridized carbons (Fsp3) is 0.409. The molecule has 0 aromatic carbocycles. The Morgan fingerprint density at radius 1 is 1.29 bits per heavy atom. The molecule has 0 aliphatic carbocycles. The summed E-state index contributed by atoms with van der Waals surface area (Å²) in [6.07, 6.45) is 2.70. The number of pyridine rings is 2. The van der Waals surface area contributed by atoms with Gasteiger partial charge in [0, 0.05) is 26.4 Å². The number of fused-ring (bicyclic) bond motifs is 1. The Hall–Kier alpha value is -3.77. The monoisotopic (exact) mass is 466 g/mol. The van der Waals surface area contributed by atoms with E-state index in [9.17, 15) is 14.7 Å². The summed E-state index contributed by atoms with van der Waals surface area (Å²) >= 11 is 0. The van der Waals surface area contributed by atoms with Crippen LogP contribution in [0.5, 0.6) is 0 Å². The maximum absolute atomic E-state index is 12.9. The number of anilines is 1. The number of nitrogens with zero attached hydrogens (tertiary/aromatic N) is 7. The minimum absolute atomic E-state index is 0.0224. The molecule has 178 valence electrons. The molecule has 3 aromatic rings. The second-order valence-electron chi connectivity index (χ2n) is 7.99. The van der Waals surface area contributed by atoms with Crippen LogP contribution < -0.4 is 5.32 Å².